The SMILES string of the molecule is CCOC(=O)c1c(-c2ccc(OCC3CC3)cc2)c2cc(OCC(=O)OC(C)(C)C)ccc2n1Cc1cccc(OC)c1. The fourth-order valence-electron chi connectivity index (χ4n) is 4.97. The summed E-state index contributed by atoms with van der Waals surface area (Å²) < 4.78 is 30.2. The van der Waals surface area contributed by atoms with E-state index in [4.69, 9.17) is 23.7 Å². The minimum absolute atomic E-state index is 0.233. The van der Waals surface area contributed by atoms with Gasteiger partial charge >= 0.3 is 11.9 Å². The molecule has 0 bridgehead atoms. The van der Waals surface area contributed by atoms with E-state index >= 15 is 0 Å². The number of hydrogen-bond donors (Lipinski definition) is 0. The van der Waals surface area contributed by atoms with Gasteiger partial charge in [0.15, 0.2) is 6.61 Å². The first-order chi connectivity index (χ1) is 20.6. The van der Waals surface area contributed by atoms with Crippen LogP contribution in [-0.2, 0) is 20.8 Å². The third-order valence-corrected chi connectivity index (χ3v) is 7.08. The van der Waals surface area contributed by atoms with E-state index in [0.29, 0.717) is 36.1 Å². The summed E-state index contributed by atoms with van der Waals surface area (Å²) in [6, 6.07) is 21.1. The van der Waals surface area contributed by atoms with Crippen molar-refractivity contribution in [2.45, 2.75) is 52.7 Å². The molecular formula is C35H39NO7. The number of fused-ring (bicyclic) bond motifs is 1. The Balaban J connectivity index is 1.60. The van der Waals surface area contributed by atoms with Crippen molar-refractivity contribution in [3.05, 3.63) is 78.0 Å². The van der Waals surface area contributed by atoms with Crippen LogP contribution in [0.25, 0.3) is 22.0 Å². The maximum absolute atomic E-state index is 13.6. The topological polar surface area (TPSA) is 85.2 Å². The molecule has 4 aromatic rings. The maximum atomic E-state index is 13.6. The van der Waals surface area contributed by atoms with E-state index in [1.54, 1.807) is 20.1 Å². The van der Waals surface area contributed by atoms with Gasteiger partial charge in [0.05, 0.1) is 20.3 Å². The molecule has 5 rings (SSSR count). The van der Waals surface area contributed by atoms with Crippen LogP contribution in [0.1, 0.15) is 56.6 Å². The standard InChI is InChI=1S/C35H39NO7/c1-6-40-34(38)33-32(25-12-14-26(15-13-25)41-21-23-10-11-23)29-19-28(42-22-31(37)43-35(2,3)4)16-17-30(29)36(33)20-24-8-7-9-27(18-24)39-5/h7-9,12-19,23H,6,10-11,20-22H2,1-5H3. The van der Waals surface area contributed by atoms with Crippen molar-refractivity contribution in [3.8, 4) is 28.4 Å². The van der Waals surface area contributed by atoms with Crippen molar-refractivity contribution in [1.82, 2.24) is 4.57 Å². The molecule has 0 amide bonds. The summed E-state index contributed by atoms with van der Waals surface area (Å²) in [4.78, 5) is 26.0. The summed E-state index contributed by atoms with van der Waals surface area (Å²) in [6.45, 7) is 8.35. The van der Waals surface area contributed by atoms with Crippen LogP contribution in [0.4, 0.5) is 0 Å². The van der Waals surface area contributed by atoms with Gasteiger partial charge in [-0.05, 0) is 100 Å². The first kappa shape index (κ1) is 30.0. The number of carbonyl (C=O) groups excluding carboxylic acids is 2. The van der Waals surface area contributed by atoms with Crippen LogP contribution in [0.3, 0.4) is 0 Å². The van der Waals surface area contributed by atoms with Gasteiger partial charge in [-0.3, -0.25) is 0 Å². The molecule has 0 N–H and O–H groups in total. The second kappa shape index (κ2) is 12.8. The van der Waals surface area contributed by atoms with Crippen LogP contribution in [0.5, 0.6) is 17.2 Å². The van der Waals surface area contributed by atoms with Gasteiger partial charge in [-0.2, -0.15) is 0 Å². The Morgan fingerprint density at radius 1 is 0.907 bits per heavy atom. The molecule has 1 heterocycles. The van der Waals surface area contributed by atoms with Crippen LogP contribution in [-0.4, -0.2) is 49.0 Å². The minimum atomic E-state index is -0.613. The van der Waals surface area contributed by atoms with E-state index in [1.807, 2.05) is 86.0 Å². The Bertz CT molecular complexity index is 1590. The second-order valence-electron chi connectivity index (χ2n) is 11.7. The van der Waals surface area contributed by atoms with E-state index in [0.717, 1.165) is 33.5 Å². The second-order valence-corrected chi connectivity index (χ2v) is 11.7. The number of ether oxygens (including phenoxy) is 5. The fourth-order valence-corrected chi connectivity index (χ4v) is 4.97. The first-order valence-corrected chi connectivity index (χ1v) is 14.7. The lowest BCUT2D eigenvalue weighted by molar-refractivity contribution is -0.157. The van der Waals surface area contributed by atoms with Crippen LogP contribution in [0.15, 0.2) is 66.7 Å². The van der Waals surface area contributed by atoms with E-state index in [1.165, 1.54) is 12.8 Å². The number of aromatic nitrogens is 1. The average molecular weight is 586 g/mol. The van der Waals surface area contributed by atoms with Gasteiger partial charge in [-0.25, -0.2) is 9.59 Å². The Morgan fingerprint density at radius 3 is 2.33 bits per heavy atom. The molecule has 0 atom stereocenters. The molecule has 1 aliphatic carbocycles. The molecule has 0 saturated heterocycles. The maximum Gasteiger partial charge on any atom is 0.355 e. The Kier molecular flexibility index (Phi) is 8.94. The molecule has 3 aromatic carbocycles. The molecule has 1 saturated carbocycles. The van der Waals surface area contributed by atoms with Crippen LogP contribution < -0.4 is 14.2 Å². The lowest BCUT2D eigenvalue weighted by atomic mass is 10.0. The number of hydrogen-bond acceptors (Lipinski definition) is 7. The molecule has 8 heteroatoms. The number of esters is 2. The predicted molar refractivity (Wildman–Crippen MR) is 165 cm³/mol. The van der Waals surface area contributed by atoms with E-state index in [9.17, 15) is 9.59 Å². The highest BCUT2D eigenvalue weighted by molar-refractivity contribution is 6.09. The Labute approximate surface area is 252 Å². The normalized spacial score (nSPS) is 13.0. The van der Waals surface area contributed by atoms with Gasteiger partial charge in [0.1, 0.15) is 28.5 Å². The van der Waals surface area contributed by atoms with Gasteiger partial charge in [-0.1, -0.05) is 24.3 Å². The minimum Gasteiger partial charge on any atom is -0.497 e. The summed E-state index contributed by atoms with van der Waals surface area (Å²) >= 11 is 0. The molecule has 1 aromatic heterocycles. The lowest BCUT2D eigenvalue weighted by Crippen LogP contribution is -2.27. The quantitative estimate of drug-likeness (QED) is 0.165. The average Bonchev–Trinajstić information content (AvgIpc) is 3.76. The van der Waals surface area contributed by atoms with E-state index in [2.05, 4.69) is 0 Å². The molecule has 43 heavy (non-hydrogen) atoms. The zero-order chi connectivity index (χ0) is 30.6. The number of methoxy groups -OCH3 is 1. The smallest absolute Gasteiger partial charge is 0.355 e. The molecule has 0 aliphatic heterocycles. The van der Waals surface area contributed by atoms with Gasteiger partial charge in [0.25, 0.3) is 0 Å². The summed E-state index contributed by atoms with van der Waals surface area (Å²) in [7, 11) is 1.63. The molecule has 0 spiro atoms. The summed E-state index contributed by atoms with van der Waals surface area (Å²) in [5.74, 6) is 1.75. The third kappa shape index (κ3) is 7.49. The molecule has 1 aliphatic rings. The van der Waals surface area contributed by atoms with E-state index < -0.39 is 17.5 Å². The van der Waals surface area contributed by atoms with Crippen LogP contribution >= 0.6 is 0 Å². The highest BCUT2D eigenvalue weighted by atomic mass is 16.6. The zero-order valence-corrected chi connectivity index (χ0v) is 25.5. The van der Waals surface area contributed by atoms with E-state index in [-0.39, 0.29) is 13.2 Å². The lowest BCUT2D eigenvalue weighted by Gasteiger charge is -2.19. The molecule has 0 radical (unpaired) electrons. The van der Waals surface area contributed by atoms with Crippen molar-refractivity contribution in [1.29, 1.82) is 0 Å². The number of nitrogens with zero attached hydrogens (tertiary/aromatic N) is 1. The Morgan fingerprint density at radius 2 is 1.65 bits per heavy atom. The summed E-state index contributed by atoms with van der Waals surface area (Å²) in [5.41, 5.74) is 3.14. The zero-order valence-electron chi connectivity index (χ0n) is 25.5. The van der Waals surface area contributed by atoms with Crippen LogP contribution in [0, 0.1) is 5.92 Å². The highest BCUT2D eigenvalue weighted by Gasteiger charge is 2.27. The van der Waals surface area contributed by atoms with Crippen molar-refractivity contribution < 1.29 is 33.3 Å². The molecule has 8 nitrogen and oxygen atoms in total. The molecule has 226 valence electrons. The predicted octanol–water partition coefficient (Wildman–Crippen LogP) is 7.05. The first-order valence-electron chi connectivity index (χ1n) is 14.7. The Hall–Kier alpha value is -4.46. The van der Waals surface area contributed by atoms with Crippen molar-refractivity contribution in [2.24, 2.45) is 5.92 Å². The highest BCUT2D eigenvalue weighted by Crippen LogP contribution is 2.39. The fraction of sp³-hybridized carbons (Fsp3) is 0.371. The van der Waals surface area contributed by atoms with Gasteiger partial charge < -0.3 is 28.3 Å². The van der Waals surface area contributed by atoms with Gasteiger partial charge in [0.2, 0.25) is 0 Å². The van der Waals surface area contributed by atoms with Gasteiger partial charge in [0, 0.05) is 23.0 Å². The third-order valence-electron chi connectivity index (χ3n) is 7.08. The number of carbonyl (C=O) groups is 2. The van der Waals surface area contributed by atoms with Crippen molar-refractivity contribution in [2.75, 3.05) is 26.9 Å². The monoisotopic (exact) mass is 585 g/mol. The molecule has 0 unspecified atom stereocenters. The number of rotatable bonds is 12. The van der Waals surface area contributed by atoms with Gasteiger partial charge in [-0.15, -0.1) is 0 Å². The molecule has 1 fully saturated rings. The number of benzene rings is 3. The molecular weight excluding hydrogens is 546 g/mol. The summed E-state index contributed by atoms with van der Waals surface area (Å²) in [5, 5.41) is 0.791. The van der Waals surface area contributed by atoms with Crippen molar-refractivity contribution in [3.63, 3.8) is 0 Å². The largest absolute Gasteiger partial charge is 0.497 e. The summed E-state index contributed by atoms with van der Waals surface area (Å²) in [6.07, 6.45) is 2.43. The van der Waals surface area contributed by atoms with Crippen molar-refractivity contribution >= 4 is 22.8 Å². The van der Waals surface area contributed by atoms with Crippen LogP contribution in [0.2, 0.25) is 0 Å².